The van der Waals surface area contributed by atoms with Crippen molar-refractivity contribution >= 4 is 23.2 Å². The highest BCUT2D eigenvalue weighted by molar-refractivity contribution is 6.01. The summed E-state index contributed by atoms with van der Waals surface area (Å²) in [6.07, 6.45) is 0. The van der Waals surface area contributed by atoms with E-state index in [-0.39, 0.29) is 11.9 Å². The minimum atomic E-state index is -0.385. The Bertz CT molecular complexity index is 670. The van der Waals surface area contributed by atoms with Crippen molar-refractivity contribution in [2.24, 2.45) is 5.73 Å². The molecule has 2 amide bonds. The Labute approximate surface area is 122 Å². The molecule has 0 aliphatic rings. The molecular weight excluding hydrogens is 268 g/mol. The average molecular weight is 284 g/mol. The maximum Gasteiger partial charge on any atom is 0.323 e. The third-order valence-corrected chi connectivity index (χ3v) is 2.76. The van der Waals surface area contributed by atoms with E-state index in [2.05, 4.69) is 10.6 Å². The standard InChI is InChI=1S/C15H16N4O2/c1-21-13-7-3-6-12(9-13)19-15(20)18-11-5-2-4-10(8-11)14(16)17/h2-9H,1H3,(H3,16,17)(H2,18,19,20). The highest BCUT2D eigenvalue weighted by atomic mass is 16.5. The SMILES string of the molecule is COc1cccc(NC(=O)Nc2cccc(C(=N)N)c2)c1. The number of anilines is 2. The number of nitrogen functional groups attached to an aromatic ring is 1. The summed E-state index contributed by atoms with van der Waals surface area (Å²) in [5.41, 5.74) is 7.14. The van der Waals surface area contributed by atoms with Gasteiger partial charge >= 0.3 is 6.03 Å². The van der Waals surface area contributed by atoms with Gasteiger partial charge in [0.2, 0.25) is 0 Å². The summed E-state index contributed by atoms with van der Waals surface area (Å²) < 4.78 is 5.09. The van der Waals surface area contributed by atoms with E-state index >= 15 is 0 Å². The van der Waals surface area contributed by atoms with Crippen molar-refractivity contribution in [3.05, 3.63) is 54.1 Å². The first-order valence-electron chi connectivity index (χ1n) is 6.25. The third kappa shape index (κ3) is 3.97. The van der Waals surface area contributed by atoms with Crippen LogP contribution in [0.4, 0.5) is 16.2 Å². The molecule has 2 aromatic rings. The van der Waals surface area contributed by atoms with Crippen LogP contribution in [0.25, 0.3) is 0 Å². The van der Waals surface area contributed by atoms with Crippen LogP contribution in [-0.4, -0.2) is 19.0 Å². The predicted octanol–water partition coefficient (Wildman–Crippen LogP) is 2.62. The van der Waals surface area contributed by atoms with Crippen molar-refractivity contribution in [2.75, 3.05) is 17.7 Å². The number of carbonyl (C=O) groups excluding carboxylic acids is 1. The van der Waals surface area contributed by atoms with Crippen LogP contribution in [0.2, 0.25) is 0 Å². The number of amidine groups is 1. The van der Waals surface area contributed by atoms with Crippen LogP contribution in [-0.2, 0) is 0 Å². The molecule has 0 aliphatic heterocycles. The zero-order valence-corrected chi connectivity index (χ0v) is 11.5. The molecule has 0 heterocycles. The minimum absolute atomic E-state index is 0.0492. The highest BCUT2D eigenvalue weighted by Gasteiger charge is 2.05. The molecule has 0 aromatic heterocycles. The number of methoxy groups -OCH3 is 1. The molecule has 0 saturated heterocycles. The molecule has 0 radical (unpaired) electrons. The molecule has 2 rings (SSSR count). The molecule has 0 saturated carbocycles. The Hall–Kier alpha value is -3.02. The van der Waals surface area contributed by atoms with Crippen LogP contribution in [0.1, 0.15) is 5.56 Å². The molecule has 0 aliphatic carbocycles. The largest absolute Gasteiger partial charge is 0.497 e. The molecule has 21 heavy (non-hydrogen) atoms. The smallest absolute Gasteiger partial charge is 0.323 e. The van der Waals surface area contributed by atoms with E-state index in [1.54, 1.807) is 55.6 Å². The predicted molar refractivity (Wildman–Crippen MR) is 83.1 cm³/mol. The van der Waals surface area contributed by atoms with Crippen LogP contribution < -0.4 is 21.1 Å². The van der Waals surface area contributed by atoms with Gasteiger partial charge in [-0.25, -0.2) is 4.79 Å². The van der Waals surface area contributed by atoms with Gasteiger partial charge < -0.3 is 21.1 Å². The van der Waals surface area contributed by atoms with Gasteiger partial charge in [0, 0.05) is 23.0 Å². The number of hydrogen-bond acceptors (Lipinski definition) is 3. The molecule has 2 aromatic carbocycles. The maximum atomic E-state index is 11.9. The van der Waals surface area contributed by atoms with E-state index in [0.29, 0.717) is 22.7 Å². The van der Waals surface area contributed by atoms with Gasteiger partial charge in [-0.05, 0) is 24.3 Å². The number of urea groups is 1. The van der Waals surface area contributed by atoms with Gasteiger partial charge in [0.05, 0.1) is 7.11 Å². The van der Waals surface area contributed by atoms with E-state index in [9.17, 15) is 4.79 Å². The first-order valence-corrected chi connectivity index (χ1v) is 6.25. The lowest BCUT2D eigenvalue weighted by Gasteiger charge is -2.09. The number of rotatable bonds is 4. The first kappa shape index (κ1) is 14.4. The number of carbonyl (C=O) groups is 1. The quantitative estimate of drug-likeness (QED) is 0.513. The maximum absolute atomic E-state index is 11.9. The molecule has 6 heteroatoms. The molecule has 0 fully saturated rings. The number of benzene rings is 2. The lowest BCUT2D eigenvalue weighted by Crippen LogP contribution is -2.20. The van der Waals surface area contributed by atoms with E-state index < -0.39 is 0 Å². The second kappa shape index (κ2) is 6.42. The second-order valence-electron chi connectivity index (χ2n) is 4.31. The van der Waals surface area contributed by atoms with Crippen molar-refractivity contribution in [1.29, 1.82) is 5.41 Å². The summed E-state index contributed by atoms with van der Waals surface area (Å²) in [7, 11) is 1.56. The van der Waals surface area contributed by atoms with Gasteiger partial charge in [0.1, 0.15) is 11.6 Å². The van der Waals surface area contributed by atoms with Gasteiger partial charge in [-0.15, -0.1) is 0 Å². The summed E-state index contributed by atoms with van der Waals surface area (Å²) >= 11 is 0. The van der Waals surface area contributed by atoms with E-state index in [0.717, 1.165) is 0 Å². The minimum Gasteiger partial charge on any atom is -0.497 e. The van der Waals surface area contributed by atoms with Crippen LogP contribution in [0.15, 0.2) is 48.5 Å². The molecular formula is C15H16N4O2. The Morgan fingerprint density at radius 1 is 1.10 bits per heavy atom. The Morgan fingerprint density at radius 3 is 2.33 bits per heavy atom. The fourth-order valence-electron chi connectivity index (χ4n) is 1.76. The third-order valence-electron chi connectivity index (χ3n) is 2.76. The van der Waals surface area contributed by atoms with Gasteiger partial charge in [-0.1, -0.05) is 18.2 Å². The van der Waals surface area contributed by atoms with Crippen LogP contribution >= 0.6 is 0 Å². The highest BCUT2D eigenvalue weighted by Crippen LogP contribution is 2.17. The average Bonchev–Trinajstić information content (AvgIpc) is 2.47. The summed E-state index contributed by atoms with van der Waals surface area (Å²) in [6.45, 7) is 0. The normalized spacial score (nSPS) is 9.76. The number of amides is 2. The molecule has 6 nitrogen and oxygen atoms in total. The van der Waals surface area contributed by atoms with Crippen molar-refractivity contribution < 1.29 is 9.53 Å². The molecule has 0 bridgehead atoms. The molecule has 108 valence electrons. The Kier molecular flexibility index (Phi) is 4.40. The van der Waals surface area contributed by atoms with E-state index in [1.807, 2.05) is 0 Å². The lowest BCUT2D eigenvalue weighted by atomic mass is 10.2. The monoisotopic (exact) mass is 284 g/mol. The van der Waals surface area contributed by atoms with Gasteiger partial charge in [0.15, 0.2) is 0 Å². The van der Waals surface area contributed by atoms with Gasteiger partial charge in [0.25, 0.3) is 0 Å². The van der Waals surface area contributed by atoms with E-state index in [4.69, 9.17) is 15.9 Å². The first-order chi connectivity index (χ1) is 10.1. The van der Waals surface area contributed by atoms with Crippen LogP contribution in [0.5, 0.6) is 5.75 Å². The van der Waals surface area contributed by atoms with Gasteiger partial charge in [-0.3, -0.25) is 5.41 Å². The molecule has 5 N–H and O–H groups in total. The van der Waals surface area contributed by atoms with E-state index in [1.165, 1.54) is 0 Å². The van der Waals surface area contributed by atoms with Crippen molar-refractivity contribution in [1.82, 2.24) is 0 Å². The van der Waals surface area contributed by atoms with Crippen molar-refractivity contribution in [3.8, 4) is 5.75 Å². The number of nitrogens with two attached hydrogens (primary N) is 1. The lowest BCUT2D eigenvalue weighted by molar-refractivity contribution is 0.262. The number of nitrogens with one attached hydrogen (secondary N) is 3. The zero-order chi connectivity index (χ0) is 15.2. The fraction of sp³-hybridized carbons (Fsp3) is 0.0667. The molecule has 0 unspecified atom stereocenters. The molecule has 0 spiro atoms. The summed E-state index contributed by atoms with van der Waals surface area (Å²) in [5.74, 6) is 0.609. The van der Waals surface area contributed by atoms with Crippen LogP contribution in [0, 0.1) is 5.41 Å². The summed E-state index contributed by atoms with van der Waals surface area (Å²) in [6, 6.07) is 13.4. The fourth-order valence-corrected chi connectivity index (χ4v) is 1.76. The Balaban J connectivity index is 2.04. The van der Waals surface area contributed by atoms with Crippen molar-refractivity contribution in [3.63, 3.8) is 0 Å². The van der Waals surface area contributed by atoms with Gasteiger partial charge in [-0.2, -0.15) is 0 Å². The zero-order valence-electron chi connectivity index (χ0n) is 11.5. The molecule has 0 atom stereocenters. The number of hydrogen-bond donors (Lipinski definition) is 4. The van der Waals surface area contributed by atoms with Crippen LogP contribution in [0.3, 0.4) is 0 Å². The number of ether oxygens (including phenoxy) is 1. The Morgan fingerprint density at radius 2 is 1.71 bits per heavy atom. The second-order valence-corrected chi connectivity index (χ2v) is 4.31. The van der Waals surface area contributed by atoms with Crippen molar-refractivity contribution in [2.45, 2.75) is 0 Å². The topological polar surface area (TPSA) is 100 Å². The summed E-state index contributed by atoms with van der Waals surface area (Å²) in [5, 5.41) is 12.8. The summed E-state index contributed by atoms with van der Waals surface area (Å²) in [4.78, 5) is 11.9.